The van der Waals surface area contributed by atoms with Gasteiger partial charge in [0.15, 0.2) is 0 Å². The van der Waals surface area contributed by atoms with Crippen molar-refractivity contribution in [3.63, 3.8) is 0 Å². The third-order valence-electron chi connectivity index (χ3n) is 1.78. The van der Waals surface area contributed by atoms with Crippen LogP contribution in [0, 0.1) is 10.1 Å². The van der Waals surface area contributed by atoms with Gasteiger partial charge < -0.3 is 0 Å². The van der Waals surface area contributed by atoms with Crippen molar-refractivity contribution in [2.24, 2.45) is 0 Å². The van der Waals surface area contributed by atoms with Gasteiger partial charge in [-0.1, -0.05) is 26.7 Å². The Balaban J connectivity index is 3.71. The summed E-state index contributed by atoms with van der Waals surface area (Å²) in [6.07, 6.45) is 6.50. The van der Waals surface area contributed by atoms with E-state index in [0.717, 1.165) is 25.7 Å². The fourth-order valence-corrected chi connectivity index (χ4v) is 1.01. The third-order valence-corrected chi connectivity index (χ3v) is 1.78. The van der Waals surface area contributed by atoms with Crippen molar-refractivity contribution in [1.82, 2.24) is 0 Å². The minimum absolute atomic E-state index is 0.286. The number of hydrogen-bond acceptors (Lipinski definition) is 2. The predicted molar refractivity (Wildman–Crippen MR) is 49.5 cm³/mol. The van der Waals surface area contributed by atoms with Crippen LogP contribution in [0.2, 0.25) is 0 Å². The molecule has 0 rings (SSSR count). The number of nitro groups is 1. The van der Waals surface area contributed by atoms with Gasteiger partial charge in [0.2, 0.25) is 5.70 Å². The highest BCUT2D eigenvalue weighted by Crippen LogP contribution is 2.06. The van der Waals surface area contributed by atoms with Crippen LogP contribution < -0.4 is 0 Å². The van der Waals surface area contributed by atoms with Crippen molar-refractivity contribution in [3.8, 4) is 0 Å². The topological polar surface area (TPSA) is 43.1 Å². The molecule has 0 aliphatic heterocycles. The standard InChI is InChI=1S/C9H17NO2/c1-3-5-6-7-8-9(4-2)10(11)12/h8H,3-7H2,1-2H3/b9-8+. The van der Waals surface area contributed by atoms with E-state index in [9.17, 15) is 10.1 Å². The number of nitrogens with zero attached hydrogens (tertiary/aromatic N) is 1. The van der Waals surface area contributed by atoms with Crippen LogP contribution in [0.5, 0.6) is 0 Å². The summed E-state index contributed by atoms with van der Waals surface area (Å²) in [5.41, 5.74) is 0.353. The van der Waals surface area contributed by atoms with E-state index in [1.54, 1.807) is 6.08 Å². The van der Waals surface area contributed by atoms with Crippen molar-refractivity contribution in [2.75, 3.05) is 0 Å². The summed E-state index contributed by atoms with van der Waals surface area (Å²) in [5, 5.41) is 10.3. The Bertz CT molecular complexity index is 164. The van der Waals surface area contributed by atoms with Gasteiger partial charge in [-0.05, 0) is 18.9 Å². The van der Waals surface area contributed by atoms with Crippen LogP contribution >= 0.6 is 0 Å². The minimum Gasteiger partial charge on any atom is -0.259 e. The largest absolute Gasteiger partial charge is 0.259 e. The van der Waals surface area contributed by atoms with Gasteiger partial charge in [-0.25, -0.2) is 0 Å². The Labute approximate surface area is 73.6 Å². The van der Waals surface area contributed by atoms with Crippen LogP contribution in [-0.2, 0) is 0 Å². The molecule has 0 heterocycles. The van der Waals surface area contributed by atoms with Gasteiger partial charge in [0.1, 0.15) is 0 Å². The lowest BCUT2D eigenvalue weighted by Crippen LogP contribution is -1.96. The highest BCUT2D eigenvalue weighted by Gasteiger charge is 2.04. The Morgan fingerprint density at radius 1 is 1.42 bits per heavy atom. The van der Waals surface area contributed by atoms with Crippen molar-refractivity contribution in [1.29, 1.82) is 0 Å². The lowest BCUT2D eigenvalue weighted by molar-refractivity contribution is -0.427. The van der Waals surface area contributed by atoms with E-state index in [0.29, 0.717) is 12.1 Å². The molecule has 0 N–H and O–H groups in total. The fourth-order valence-electron chi connectivity index (χ4n) is 1.01. The zero-order chi connectivity index (χ0) is 9.40. The molecule has 0 bridgehead atoms. The monoisotopic (exact) mass is 171 g/mol. The molecule has 3 nitrogen and oxygen atoms in total. The first kappa shape index (κ1) is 11.1. The molecule has 0 aromatic rings. The van der Waals surface area contributed by atoms with E-state index in [2.05, 4.69) is 6.92 Å². The van der Waals surface area contributed by atoms with Gasteiger partial charge in [-0.15, -0.1) is 0 Å². The maximum atomic E-state index is 10.3. The molecule has 0 amide bonds. The van der Waals surface area contributed by atoms with Crippen molar-refractivity contribution in [3.05, 3.63) is 21.9 Å². The van der Waals surface area contributed by atoms with Crippen molar-refractivity contribution < 1.29 is 4.92 Å². The average Bonchev–Trinajstić information content (AvgIpc) is 2.04. The average molecular weight is 171 g/mol. The molecule has 3 heteroatoms. The number of unbranched alkanes of at least 4 members (excludes halogenated alkanes) is 3. The molecule has 0 aromatic carbocycles. The molecular formula is C9H17NO2. The molecule has 0 fully saturated rings. The lowest BCUT2D eigenvalue weighted by Gasteiger charge is -1.94. The zero-order valence-electron chi connectivity index (χ0n) is 7.88. The van der Waals surface area contributed by atoms with Gasteiger partial charge >= 0.3 is 0 Å². The van der Waals surface area contributed by atoms with E-state index in [4.69, 9.17) is 0 Å². The van der Waals surface area contributed by atoms with Gasteiger partial charge in [0.05, 0.1) is 4.92 Å². The molecular weight excluding hydrogens is 154 g/mol. The van der Waals surface area contributed by atoms with Crippen LogP contribution in [0.15, 0.2) is 11.8 Å². The first-order valence-electron chi connectivity index (χ1n) is 4.55. The van der Waals surface area contributed by atoms with Gasteiger partial charge in [0.25, 0.3) is 0 Å². The quantitative estimate of drug-likeness (QED) is 0.350. The Morgan fingerprint density at radius 2 is 2.08 bits per heavy atom. The van der Waals surface area contributed by atoms with Gasteiger partial charge in [0, 0.05) is 6.42 Å². The molecule has 0 spiro atoms. The SMILES string of the molecule is CCCCC/C=C(\CC)[N+](=O)[O-]. The maximum Gasteiger partial charge on any atom is 0.242 e. The van der Waals surface area contributed by atoms with Crippen LogP contribution in [-0.4, -0.2) is 4.92 Å². The highest BCUT2D eigenvalue weighted by atomic mass is 16.6. The first-order valence-corrected chi connectivity index (χ1v) is 4.55. The second kappa shape index (κ2) is 6.83. The summed E-state index contributed by atoms with van der Waals surface area (Å²) in [6, 6.07) is 0. The minimum atomic E-state index is -0.286. The summed E-state index contributed by atoms with van der Waals surface area (Å²) < 4.78 is 0. The Hall–Kier alpha value is -0.860. The van der Waals surface area contributed by atoms with Crippen LogP contribution in [0.25, 0.3) is 0 Å². The normalized spacial score (nSPS) is 11.7. The molecule has 0 aliphatic carbocycles. The summed E-state index contributed by atoms with van der Waals surface area (Å²) in [4.78, 5) is 10.0. The fraction of sp³-hybridized carbons (Fsp3) is 0.778. The smallest absolute Gasteiger partial charge is 0.242 e. The Kier molecular flexibility index (Phi) is 6.34. The summed E-state index contributed by atoms with van der Waals surface area (Å²) >= 11 is 0. The molecule has 0 aliphatic rings. The molecule has 0 saturated heterocycles. The number of rotatable bonds is 6. The van der Waals surface area contributed by atoms with Gasteiger partial charge in [-0.3, -0.25) is 10.1 Å². The lowest BCUT2D eigenvalue weighted by atomic mass is 10.2. The predicted octanol–water partition coefficient (Wildman–Crippen LogP) is 3.14. The summed E-state index contributed by atoms with van der Waals surface area (Å²) in [7, 11) is 0. The van der Waals surface area contributed by atoms with E-state index >= 15 is 0 Å². The van der Waals surface area contributed by atoms with E-state index in [1.165, 1.54) is 0 Å². The molecule has 0 atom stereocenters. The maximum absolute atomic E-state index is 10.3. The first-order chi connectivity index (χ1) is 5.72. The molecule has 12 heavy (non-hydrogen) atoms. The number of hydrogen-bond donors (Lipinski definition) is 0. The Morgan fingerprint density at radius 3 is 2.50 bits per heavy atom. The van der Waals surface area contributed by atoms with E-state index in [1.807, 2.05) is 6.92 Å². The third kappa shape index (κ3) is 4.88. The van der Waals surface area contributed by atoms with E-state index < -0.39 is 0 Å². The molecule has 0 aromatic heterocycles. The molecule has 0 radical (unpaired) electrons. The van der Waals surface area contributed by atoms with Crippen molar-refractivity contribution in [2.45, 2.75) is 46.0 Å². The highest BCUT2D eigenvalue weighted by molar-refractivity contribution is 4.90. The van der Waals surface area contributed by atoms with Crippen LogP contribution in [0.1, 0.15) is 46.0 Å². The van der Waals surface area contributed by atoms with Crippen molar-refractivity contribution >= 4 is 0 Å². The van der Waals surface area contributed by atoms with Crippen LogP contribution in [0.3, 0.4) is 0 Å². The second-order valence-corrected chi connectivity index (χ2v) is 2.80. The molecule has 70 valence electrons. The van der Waals surface area contributed by atoms with E-state index in [-0.39, 0.29) is 4.92 Å². The van der Waals surface area contributed by atoms with Crippen LogP contribution in [0.4, 0.5) is 0 Å². The van der Waals surface area contributed by atoms with Gasteiger partial charge in [-0.2, -0.15) is 0 Å². The molecule has 0 unspecified atom stereocenters. The summed E-state index contributed by atoms with van der Waals surface area (Å²) in [5.74, 6) is 0. The zero-order valence-corrected chi connectivity index (χ0v) is 7.88. The molecule has 0 saturated carbocycles. The second-order valence-electron chi connectivity index (χ2n) is 2.80. The summed E-state index contributed by atoms with van der Waals surface area (Å²) in [6.45, 7) is 3.94. The number of allylic oxidation sites excluding steroid dienone is 2.